The van der Waals surface area contributed by atoms with Crippen LogP contribution in [0.4, 0.5) is 4.79 Å². The van der Waals surface area contributed by atoms with Gasteiger partial charge in [0.2, 0.25) is 5.91 Å². The smallest absolute Gasteiger partial charge is 0.320 e. The molecule has 1 aliphatic carbocycles. The maximum absolute atomic E-state index is 13.7. The van der Waals surface area contributed by atoms with Crippen LogP contribution >= 0.6 is 0 Å². The largest absolute Gasteiger partial charge is 0.381 e. The Morgan fingerprint density at radius 3 is 2.34 bits per heavy atom. The fourth-order valence-corrected chi connectivity index (χ4v) is 8.03. The molecule has 3 atom stereocenters. The molecule has 1 aromatic rings. The number of rotatable bonds is 9. The van der Waals surface area contributed by atoms with E-state index in [1.165, 1.54) is 18.4 Å². The van der Waals surface area contributed by atoms with Crippen LogP contribution in [0.3, 0.4) is 0 Å². The van der Waals surface area contributed by atoms with Gasteiger partial charge in [-0.15, -0.1) is 0 Å². The molecule has 6 rings (SSSR count). The number of benzene rings is 1. The van der Waals surface area contributed by atoms with Gasteiger partial charge in [0.05, 0.1) is 11.6 Å². The third kappa shape index (κ3) is 5.21. The zero-order chi connectivity index (χ0) is 26.3. The topological polar surface area (TPSA) is 65.1 Å². The normalized spacial score (nSPS) is 31.0. The number of carbonyl (C=O) groups is 2. The molecule has 3 amide bonds. The molecule has 3 unspecified atom stereocenters. The van der Waals surface area contributed by atoms with Crippen molar-refractivity contribution in [3.05, 3.63) is 35.9 Å². The van der Waals surface area contributed by atoms with Gasteiger partial charge in [-0.1, -0.05) is 30.3 Å². The number of nitrogens with zero attached hydrogens (tertiary/aromatic N) is 3. The molecule has 1 aromatic carbocycles. The Labute approximate surface area is 228 Å². The van der Waals surface area contributed by atoms with Crippen LogP contribution in [-0.4, -0.2) is 83.2 Å². The van der Waals surface area contributed by atoms with E-state index in [1.54, 1.807) is 0 Å². The first kappa shape index (κ1) is 26.1. The van der Waals surface area contributed by atoms with E-state index < -0.39 is 0 Å². The molecule has 0 aromatic heterocycles. The highest BCUT2D eigenvalue weighted by Gasteiger charge is 2.57. The van der Waals surface area contributed by atoms with Crippen molar-refractivity contribution in [1.29, 1.82) is 0 Å². The predicted octanol–water partition coefficient (Wildman–Crippen LogP) is 4.58. The first-order valence-corrected chi connectivity index (χ1v) is 15.2. The highest BCUT2D eigenvalue weighted by Crippen LogP contribution is 2.48. The molecule has 5 aliphatic rings. The molecule has 1 N–H and O–H groups in total. The van der Waals surface area contributed by atoms with Crippen molar-refractivity contribution >= 4 is 11.9 Å². The summed E-state index contributed by atoms with van der Waals surface area (Å²) in [6, 6.07) is 12.1. The maximum Gasteiger partial charge on any atom is 0.320 e. The van der Waals surface area contributed by atoms with Gasteiger partial charge in [0, 0.05) is 56.9 Å². The summed E-state index contributed by atoms with van der Waals surface area (Å²) in [7, 11) is 0. The molecule has 1 spiro atoms. The fourth-order valence-electron chi connectivity index (χ4n) is 8.03. The van der Waals surface area contributed by atoms with Crippen LogP contribution < -0.4 is 5.32 Å². The summed E-state index contributed by atoms with van der Waals surface area (Å²) in [5.74, 6) is 1.01. The Balaban J connectivity index is 1.14. The molecule has 1 saturated carbocycles. The van der Waals surface area contributed by atoms with Crippen molar-refractivity contribution < 1.29 is 14.3 Å². The molecule has 7 heteroatoms. The Hall–Kier alpha value is -2.12. The second kappa shape index (κ2) is 10.8. The zero-order valence-corrected chi connectivity index (χ0v) is 23.3. The van der Waals surface area contributed by atoms with E-state index in [0.717, 1.165) is 77.8 Å². The SMILES string of the molecule is CC(C)N1C(=O)N(CC2CCOCC2)CC12CC1CCC(C2)N1CCC(NC(=O)C1CC1)c1ccccc1. The Morgan fingerprint density at radius 1 is 1.03 bits per heavy atom. The molecule has 0 radical (unpaired) electrons. The summed E-state index contributed by atoms with van der Waals surface area (Å²) >= 11 is 0. The minimum absolute atomic E-state index is 0.0439. The number of carbonyl (C=O) groups excluding carboxylic acids is 2. The highest BCUT2D eigenvalue weighted by atomic mass is 16.5. The van der Waals surface area contributed by atoms with Crippen molar-refractivity contribution in [2.75, 3.05) is 32.8 Å². The minimum atomic E-state index is -0.0439. The van der Waals surface area contributed by atoms with Gasteiger partial charge in [-0.3, -0.25) is 9.69 Å². The number of nitrogens with one attached hydrogen (secondary N) is 1. The summed E-state index contributed by atoms with van der Waals surface area (Å²) in [6.07, 6.45) is 9.71. The van der Waals surface area contributed by atoms with E-state index in [1.807, 2.05) is 6.07 Å². The van der Waals surface area contributed by atoms with E-state index in [-0.39, 0.29) is 35.5 Å². The van der Waals surface area contributed by atoms with Crippen LogP contribution in [0.15, 0.2) is 30.3 Å². The quantitative estimate of drug-likeness (QED) is 0.516. The lowest BCUT2D eigenvalue weighted by atomic mass is 9.81. The molecule has 208 valence electrons. The summed E-state index contributed by atoms with van der Waals surface area (Å²) in [5.41, 5.74) is 1.16. The van der Waals surface area contributed by atoms with E-state index in [9.17, 15) is 9.59 Å². The van der Waals surface area contributed by atoms with Crippen LogP contribution in [-0.2, 0) is 9.53 Å². The number of piperidine rings is 1. The average Bonchev–Trinajstić information content (AvgIpc) is 3.69. The number of fused-ring (bicyclic) bond motifs is 2. The first-order chi connectivity index (χ1) is 18.4. The lowest BCUT2D eigenvalue weighted by Gasteiger charge is -2.49. The van der Waals surface area contributed by atoms with E-state index in [4.69, 9.17) is 4.74 Å². The standard InChI is InChI=1S/C31H46N4O3/c1-22(2)35-30(37)33(20-23-13-16-38-17-14-23)21-31(35)18-26-10-11-27(19-31)34(26)15-12-28(24-6-4-3-5-7-24)32-29(36)25-8-9-25/h3-7,22-23,25-28H,8-21H2,1-2H3,(H,32,36). The Bertz CT molecular complexity index is 976. The molecule has 4 heterocycles. The van der Waals surface area contributed by atoms with Crippen molar-refractivity contribution in [2.24, 2.45) is 11.8 Å². The van der Waals surface area contributed by atoms with Gasteiger partial charge >= 0.3 is 6.03 Å². The van der Waals surface area contributed by atoms with Crippen LogP contribution in [0.2, 0.25) is 0 Å². The van der Waals surface area contributed by atoms with Gasteiger partial charge < -0.3 is 19.9 Å². The molecule has 4 aliphatic heterocycles. The number of hydrogen-bond acceptors (Lipinski definition) is 4. The number of hydrogen-bond donors (Lipinski definition) is 1. The highest BCUT2D eigenvalue weighted by molar-refractivity contribution is 5.81. The molecule has 38 heavy (non-hydrogen) atoms. The van der Waals surface area contributed by atoms with Crippen molar-refractivity contribution in [3.63, 3.8) is 0 Å². The molecule has 5 fully saturated rings. The van der Waals surface area contributed by atoms with Crippen molar-refractivity contribution in [3.8, 4) is 0 Å². The molecular formula is C31H46N4O3. The molecule has 2 bridgehead atoms. The molecule has 7 nitrogen and oxygen atoms in total. The van der Waals surface area contributed by atoms with E-state index in [0.29, 0.717) is 18.0 Å². The summed E-state index contributed by atoms with van der Waals surface area (Å²) in [6.45, 7) is 8.80. The van der Waals surface area contributed by atoms with Gasteiger partial charge in [-0.25, -0.2) is 4.79 Å². The van der Waals surface area contributed by atoms with Crippen LogP contribution in [0.1, 0.15) is 83.2 Å². The third-order valence-corrected chi connectivity index (χ3v) is 9.95. The van der Waals surface area contributed by atoms with Gasteiger partial charge in [0.15, 0.2) is 0 Å². The second-order valence-electron chi connectivity index (χ2n) is 13.0. The van der Waals surface area contributed by atoms with Gasteiger partial charge in [-0.05, 0) is 83.1 Å². The lowest BCUT2D eigenvalue weighted by Crippen LogP contribution is -2.60. The number of amides is 3. The van der Waals surface area contributed by atoms with Crippen LogP contribution in [0.5, 0.6) is 0 Å². The predicted molar refractivity (Wildman–Crippen MR) is 148 cm³/mol. The van der Waals surface area contributed by atoms with Gasteiger partial charge in [0.1, 0.15) is 0 Å². The average molecular weight is 523 g/mol. The first-order valence-electron chi connectivity index (χ1n) is 15.2. The summed E-state index contributed by atoms with van der Waals surface area (Å²) in [4.78, 5) is 33.6. The van der Waals surface area contributed by atoms with E-state index >= 15 is 0 Å². The minimum Gasteiger partial charge on any atom is -0.381 e. The van der Waals surface area contributed by atoms with Crippen molar-refractivity contribution in [1.82, 2.24) is 20.0 Å². The summed E-state index contributed by atoms with van der Waals surface area (Å²) < 4.78 is 5.57. The maximum atomic E-state index is 13.7. The van der Waals surface area contributed by atoms with Crippen LogP contribution in [0.25, 0.3) is 0 Å². The Kier molecular flexibility index (Phi) is 7.43. The van der Waals surface area contributed by atoms with E-state index in [2.05, 4.69) is 58.1 Å². The molecular weight excluding hydrogens is 476 g/mol. The molecule has 4 saturated heterocycles. The zero-order valence-electron chi connectivity index (χ0n) is 23.3. The second-order valence-corrected chi connectivity index (χ2v) is 13.0. The van der Waals surface area contributed by atoms with Crippen LogP contribution in [0, 0.1) is 11.8 Å². The monoisotopic (exact) mass is 522 g/mol. The van der Waals surface area contributed by atoms with Crippen molar-refractivity contribution in [2.45, 2.75) is 101 Å². The lowest BCUT2D eigenvalue weighted by molar-refractivity contribution is -0.123. The van der Waals surface area contributed by atoms with Gasteiger partial charge in [0.25, 0.3) is 0 Å². The fraction of sp³-hybridized carbons (Fsp3) is 0.742. The van der Waals surface area contributed by atoms with Gasteiger partial charge in [-0.2, -0.15) is 0 Å². The summed E-state index contributed by atoms with van der Waals surface area (Å²) in [5, 5.41) is 3.37. The number of urea groups is 1. The Morgan fingerprint density at radius 2 is 1.71 bits per heavy atom. The third-order valence-electron chi connectivity index (χ3n) is 9.95. The number of ether oxygens (including phenoxy) is 1.